The molecule has 0 atom stereocenters. The maximum absolute atomic E-state index is 5.46. The summed E-state index contributed by atoms with van der Waals surface area (Å²) >= 11 is 1.98. The van der Waals surface area contributed by atoms with Gasteiger partial charge >= 0.3 is 0 Å². The largest absolute Gasteiger partial charge is 0.492 e. The molecule has 23 heavy (non-hydrogen) atoms. The van der Waals surface area contributed by atoms with Gasteiger partial charge in [-0.15, -0.1) is 0 Å². The highest BCUT2D eigenvalue weighted by Crippen LogP contribution is 2.13. The van der Waals surface area contributed by atoms with Crippen LogP contribution in [-0.4, -0.2) is 34.5 Å². The molecule has 1 aromatic carbocycles. The van der Waals surface area contributed by atoms with Crippen molar-refractivity contribution in [2.45, 2.75) is 26.9 Å². The number of hydrogen-bond donors (Lipinski definition) is 0. The van der Waals surface area contributed by atoms with Gasteiger partial charge in [-0.3, -0.25) is 9.88 Å². The Morgan fingerprint density at radius 1 is 1.04 bits per heavy atom. The summed E-state index contributed by atoms with van der Waals surface area (Å²) in [6.07, 6.45) is 1.82. The van der Waals surface area contributed by atoms with Crippen LogP contribution in [0.1, 0.15) is 25.1 Å². The van der Waals surface area contributed by atoms with Gasteiger partial charge in [-0.1, -0.05) is 37.3 Å². The van der Waals surface area contributed by atoms with Crippen molar-refractivity contribution in [3.05, 3.63) is 59.9 Å². The number of ether oxygens (including phenoxy) is 1. The van der Waals surface area contributed by atoms with E-state index in [1.165, 1.54) is 11.3 Å². The lowest BCUT2D eigenvalue weighted by Crippen LogP contribution is -2.26. The average Bonchev–Trinajstić information content (AvgIpc) is 2.58. The van der Waals surface area contributed by atoms with E-state index in [1.807, 2.05) is 30.9 Å². The third-order valence-electron chi connectivity index (χ3n) is 3.50. The van der Waals surface area contributed by atoms with Gasteiger partial charge in [0.1, 0.15) is 5.75 Å². The second-order valence-electron chi connectivity index (χ2n) is 5.31. The Morgan fingerprint density at radius 3 is 2.52 bits per heavy atom. The molecule has 0 radical (unpaired) electrons. The van der Waals surface area contributed by atoms with Crippen LogP contribution in [-0.2, 0) is 13.1 Å². The Labute approximate surface area is 144 Å². The van der Waals surface area contributed by atoms with Crippen LogP contribution in [0.2, 0.25) is 0 Å². The molecule has 0 spiro atoms. The van der Waals surface area contributed by atoms with Crippen molar-refractivity contribution >= 4 is 11.8 Å². The fourth-order valence-corrected chi connectivity index (χ4v) is 3.06. The van der Waals surface area contributed by atoms with Gasteiger partial charge in [0.25, 0.3) is 0 Å². The van der Waals surface area contributed by atoms with Crippen molar-refractivity contribution in [2.24, 2.45) is 0 Å². The number of aromatic nitrogens is 1. The second-order valence-corrected chi connectivity index (χ2v) is 6.71. The minimum absolute atomic E-state index is 0.676. The first-order valence-electron chi connectivity index (χ1n) is 8.23. The SMILES string of the molecule is CCOc1ccc(CN(CCSCC)Cc2ccccc2)nc1. The Morgan fingerprint density at radius 2 is 1.87 bits per heavy atom. The van der Waals surface area contributed by atoms with Crippen LogP contribution in [0, 0.1) is 0 Å². The van der Waals surface area contributed by atoms with Gasteiger partial charge in [0, 0.05) is 25.4 Å². The average molecular weight is 330 g/mol. The molecule has 0 unspecified atom stereocenters. The van der Waals surface area contributed by atoms with Crippen molar-refractivity contribution in [1.29, 1.82) is 0 Å². The van der Waals surface area contributed by atoms with Gasteiger partial charge in [0.15, 0.2) is 0 Å². The van der Waals surface area contributed by atoms with E-state index in [2.05, 4.69) is 53.2 Å². The van der Waals surface area contributed by atoms with E-state index in [-0.39, 0.29) is 0 Å². The molecule has 0 saturated carbocycles. The predicted octanol–water partition coefficient (Wildman–Crippen LogP) is 4.24. The quantitative estimate of drug-likeness (QED) is 0.609. The van der Waals surface area contributed by atoms with E-state index in [4.69, 9.17) is 4.74 Å². The summed E-state index contributed by atoms with van der Waals surface area (Å²) in [6.45, 7) is 7.77. The van der Waals surface area contributed by atoms with E-state index in [0.717, 1.165) is 36.8 Å². The van der Waals surface area contributed by atoms with E-state index in [0.29, 0.717) is 6.61 Å². The van der Waals surface area contributed by atoms with Crippen LogP contribution in [0.3, 0.4) is 0 Å². The Balaban J connectivity index is 1.98. The zero-order chi connectivity index (χ0) is 16.3. The highest BCUT2D eigenvalue weighted by atomic mass is 32.2. The zero-order valence-electron chi connectivity index (χ0n) is 14.1. The van der Waals surface area contributed by atoms with Gasteiger partial charge in [0.05, 0.1) is 18.5 Å². The number of pyridine rings is 1. The molecule has 1 heterocycles. The van der Waals surface area contributed by atoms with Gasteiger partial charge in [-0.05, 0) is 30.4 Å². The van der Waals surface area contributed by atoms with E-state index >= 15 is 0 Å². The van der Waals surface area contributed by atoms with E-state index in [1.54, 1.807) is 0 Å². The van der Waals surface area contributed by atoms with Crippen LogP contribution in [0.5, 0.6) is 5.75 Å². The van der Waals surface area contributed by atoms with Crippen LogP contribution in [0.4, 0.5) is 0 Å². The normalized spacial score (nSPS) is 10.9. The van der Waals surface area contributed by atoms with E-state index in [9.17, 15) is 0 Å². The summed E-state index contributed by atoms with van der Waals surface area (Å²) in [5, 5.41) is 0. The van der Waals surface area contributed by atoms with Crippen LogP contribution < -0.4 is 4.74 Å². The number of hydrogen-bond acceptors (Lipinski definition) is 4. The molecule has 0 bridgehead atoms. The Hall–Kier alpha value is -1.52. The summed E-state index contributed by atoms with van der Waals surface area (Å²) in [5.74, 6) is 3.16. The molecule has 0 saturated heterocycles. The summed E-state index contributed by atoms with van der Waals surface area (Å²) in [5.41, 5.74) is 2.44. The molecule has 0 aliphatic rings. The molecule has 0 aliphatic carbocycles. The standard InChI is InChI=1S/C19H26N2OS/c1-3-22-19-11-10-18(20-14-19)16-21(12-13-23-4-2)15-17-8-6-5-7-9-17/h5-11,14H,3-4,12-13,15-16H2,1-2H3. The number of benzene rings is 1. The predicted molar refractivity (Wildman–Crippen MR) is 99.0 cm³/mol. The van der Waals surface area contributed by atoms with Gasteiger partial charge in [0.2, 0.25) is 0 Å². The van der Waals surface area contributed by atoms with Crippen LogP contribution >= 0.6 is 11.8 Å². The fraction of sp³-hybridized carbons (Fsp3) is 0.421. The molecule has 0 amide bonds. The maximum atomic E-state index is 5.46. The monoisotopic (exact) mass is 330 g/mol. The lowest BCUT2D eigenvalue weighted by atomic mass is 10.2. The van der Waals surface area contributed by atoms with Crippen molar-refractivity contribution in [2.75, 3.05) is 24.7 Å². The topological polar surface area (TPSA) is 25.4 Å². The molecule has 1 aromatic heterocycles. The molecular formula is C19H26N2OS. The van der Waals surface area contributed by atoms with Crippen molar-refractivity contribution < 1.29 is 4.74 Å². The number of rotatable bonds is 10. The van der Waals surface area contributed by atoms with Gasteiger partial charge < -0.3 is 4.74 Å². The summed E-state index contributed by atoms with van der Waals surface area (Å²) in [7, 11) is 0. The smallest absolute Gasteiger partial charge is 0.137 e. The van der Waals surface area contributed by atoms with Crippen molar-refractivity contribution in [3.8, 4) is 5.75 Å². The Bertz CT molecular complexity index is 545. The molecule has 4 heteroatoms. The number of thioether (sulfide) groups is 1. The van der Waals surface area contributed by atoms with Crippen LogP contribution in [0.15, 0.2) is 48.7 Å². The second kappa shape index (κ2) is 10.3. The molecule has 124 valence electrons. The molecule has 0 aliphatic heterocycles. The highest BCUT2D eigenvalue weighted by molar-refractivity contribution is 7.99. The lowest BCUT2D eigenvalue weighted by Gasteiger charge is -2.22. The summed E-state index contributed by atoms with van der Waals surface area (Å²) in [6, 6.07) is 14.7. The maximum Gasteiger partial charge on any atom is 0.137 e. The van der Waals surface area contributed by atoms with E-state index < -0.39 is 0 Å². The first-order chi connectivity index (χ1) is 11.3. The number of nitrogens with zero attached hydrogens (tertiary/aromatic N) is 2. The highest BCUT2D eigenvalue weighted by Gasteiger charge is 2.08. The first kappa shape index (κ1) is 17.8. The fourth-order valence-electron chi connectivity index (χ4n) is 2.38. The van der Waals surface area contributed by atoms with Crippen LogP contribution in [0.25, 0.3) is 0 Å². The minimum atomic E-state index is 0.676. The van der Waals surface area contributed by atoms with Gasteiger partial charge in [-0.25, -0.2) is 0 Å². The minimum Gasteiger partial charge on any atom is -0.492 e. The third kappa shape index (κ3) is 6.63. The molecule has 0 N–H and O–H groups in total. The summed E-state index contributed by atoms with van der Waals surface area (Å²) < 4.78 is 5.46. The molecule has 0 fully saturated rings. The summed E-state index contributed by atoms with van der Waals surface area (Å²) in [4.78, 5) is 6.99. The lowest BCUT2D eigenvalue weighted by molar-refractivity contribution is 0.270. The molecule has 3 nitrogen and oxygen atoms in total. The molecule has 2 rings (SSSR count). The van der Waals surface area contributed by atoms with Crippen molar-refractivity contribution in [1.82, 2.24) is 9.88 Å². The molecule has 2 aromatic rings. The van der Waals surface area contributed by atoms with Gasteiger partial charge in [-0.2, -0.15) is 11.8 Å². The zero-order valence-corrected chi connectivity index (χ0v) is 14.9. The van der Waals surface area contributed by atoms with Crippen molar-refractivity contribution in [3.63, 3.8) is 0 Å². The third-order valence-corrected chi connectivity index (χ3v) is 4.38. The first-order valence-corrected chi connectivity index (χ1v) is 9.39. The molecular weight excluding hydrogens is 304 g/mol. The Kier molecular flexibility index (Phi) is 7.98.